The number of phosphoric acid groups is 2. The zero-order valence-corrected chi connectivity index (χ0v) is 72.6. The maximum atomic E-state index is 13.2. The van der Waals surface area contributed by atoms with E-state index in [4.69, 9.17) is 37.0 Å². The fourth-order valence-electron chi connectivity index (χ4n) is 13.6. The van der Waals surface area contributed by atoms with Gasteiger partial charge in [0.1, 0.15) is 19.3 Å². The normalized spacial score (nSPS) is 14.1. The average Bonchev–Trinajstić information content (AvgIpc) is 0.901. The number of carbonyl (C=O) groups excluding carboxylic acids is 4. The summed E-state index contributed by atoms with van der Waals surface area (Å²) < 4.78 is 69.0. The first-order valence-electron chi connectivity index (χ1n) is 45.2. The van der Waals surface area contributed by atoms with E-state index in [0.29, 0.717) is 25.7 Å². The number of aliphatic hydroxyl groups excluding tert-OH is 1. The lowest BCUT2D eigenvalue weighted by atomic mass is 9.99. The van der Waals surface area contributed by atoms with Crippen LogP contribution in [0.15, 0.2) is 0 Å². The number of phosphoric ester groups is 2. The second-order valence-corrected chi connectivity index (χ2v) is 36.2. The molecular weight excluding hydrogens is 1390 g/mol. The minimum Gasteiger partial charge on any atom is -0.462 e. The van der Waals surface area contributed by atoms with Crippen molar-refractivity contribution >= 4 is 39.5 Å². The number of aliphatic hydroxyl groups is 1. The summed E-state index contributed by atoms with van der Waals surface area (Å²) in [5.41, 5.74) is 0. The van der Waals surface area contributed by atoms with E-state index >= 15 is 0 Å². The quantitative estimate of drug-likeness (QED) is 0.0222. The van der Waals surface area contributed by atoms with Gasteiger partial charge in [0.05, 0.1) is 26.4 Å². The number of hydrogen-bond acceptors (Lipinski definition) is 15. The highest BCUT2D eigenvalue weighted by Crippen LogP contribution is 2.45. The number of carbonyl (C=O) groups is 4. The van der Waals surface area contributed by atoms with Crippen LogP contribution in [0.25, 0.3) is 0 Å². The summed E-state index contributed by atoms with van der Waals surface area (Å²) in [6.45, 7) is 14.4. The van der Waals surface area contributed by atoms with E-state index in [1.54, 1.807) is 0 Å². The molecule has 0 aromatic heterocycles. The van der Waals surface area contributed by atoms with Gasteiger partial charge in [-0.05, 0) is 49.4 Å². The smallest absolute Gasteiger partial charge is 0.462 e. The largest absolute Gasteiger partial charge is 0.472 e. The Morgan fingerprint density at radius 1 is 0.262 bits per heavy atom. The molecule has 3 N–H and O–H groups in total. The molecule has 0 aromatic carbocycles. The molecule has 17 nitrogen and oxygen atoms in total. The Morgan fingerprint density at radius 3 is 0.664 bits per heavy atom. The fourth-order valence-corrected chi connectivity index (χ4v) is 15.2. The van der Waals surface area contributed by atoms with Crippen molar-refractivity contribution in [2.24, 2.45) is 23.7 Å². The maximum Gasteiger partial charge on any atom is 0.472 e. The van der Waals surface area contributed by atoms with Gasteiger partial charge in [0.25, 0.3) is 0 Å². The van der Waals surface area contributed by atoms with E-state index in [1.165, 1.54) is 263 Å². The van der Waals surface area contributed by atoms with Crippen molar-refractivity contribution in [2.75, 3.05) is 39.6 Å². The zero-order valence-electron chi connectivity index (χ0n) is 70.8. The van der Waals surface area contributed by atoms with E-state index in [-0.39, 0.29) is 25.7 Å². The molecule has 6 atom stereocenters. The standard InChI is InChI=1S/C88H172O17P2/c1-9-81(8)67-59-51-43-35-27-21-17-18-24-30-38-47-55-63-71-88(93)105-84(75-99-86(91)69-61-53-45-39-31-34-42-50-58-66-80(6)7)77-103-107(96,97)101-73-82(89)72-100-106(94,95)102-76-83(74-98-85(90)68-60-52-44-36-28-22-16-12-14-20-26-33-41-49-57-65-79(4)5)104-87(92)70-62-54-46-37-29-23-15-11-10-13-19-25-32-40-48-56-64-78(2)3/h78-84,89H,9-77H2,1-8H3,(H,94,95)(H,96,97)/t81?,82-,83-,84-/m1/s1. The van der Waals surface area contributed by atoms with Crippen LogP contribution >= 0.6 is 15.6 Å². The summed E-state index contributed by atoms with van der Waals surface area (Å²) in [4.78, 5) is 73.3. The highest BCUT2D eigenvalue weighted by atomic mass is 31.2. The Morgan fingerprint density at radius 2 is 0.449 bits per heavy atom. The molecule has 0 aliphatic rings. The maximum absolute atomic E-state index is 13.2. The third kappa shape index (κ3) is 80.5. The van der Waals surface area contributed by atoms with Crippen molar-refractivity contribution < 1.29 is 80.2 Å². The van der Waals surface area contributed by atoms with Crippen LogP contribution in [0.1, 0.15) is 460 Å². The number of ether oxygens (including phenoxy) is 4. The molecule has 0 saturated heterocycles. The van der Waals surface area contributed by atoms with Gasteiger partial charge in [-0.1, -0.05) is 409 Å². The van der Waals surface area contributed by atoms with Gasteiger partial charge in [-0.15, -0.1) is 0 Å². The molecule has 0 heterocycles. The van der Waals surface area contributed by atoms with Crippen LogP contribution in [-0.2, 0) is 65.4 Å². The predicted molar refractivity (Wildman–Crippen MR) is 441 cm³/mol. The molecule has 0 fully saturated rings. The van der Waals surface area contributed by atoms with Gasteiger partial charge in [0.2, 0.25) is 0 Å². The average molecular weight is 1560 g/mol. The Bertz CT molecular complexity index is 2080. The summed E-state index contributed by atoms with van der Waals surface area (Å²) in [5, 5.41) is 10.7. The lowest BCUT2D eigenvalue weighted by Crippen LogP contribution is -2.30. The first-order valence-corrected chi connectivity index (χ1v) is 48.2. The predicted octanol–water partition coefficient (Wildman–Crippen LogP) is 26.7. The van der Waals surface area contributed by atoms with Crippen LogP contribution in [0, 0.1) is 23.7 Å². The number of esters is 4. The van der Waals surface area contributed by atoms with Crippen molar-refractivity contribution in [3.8, 4) is 0 Å². The van der Waals surface area contributed by atoms with Crippen molar-refractivity contribution in [2.45, 2.75) is 478 Å². The van der Waals surface area contributed by atoms with E-state index in [2.05, 4.69) is 55.4 Å². The molecule has 0 bridgehead atoms. The van der Waals surface area contributed by atoms with Crippen molar-refractivity contribution in [3.63, 3.8) is 0 Å². The van der Waals surface area contributed by atoms with Gasteiger partial charge in [-0.3, -0.25) is 37.3 Å². The van der Waals surface area contributed by atoms with E-state index in [0.717, 1.165) is 114 Å². The van der Waals surface area contributed by atoms with Crippen LogP contribution in [0.4, 0.5) is 0 Å². The number of rotatable bonds is 85. The van der Waals surface area contributed by atoms with Crippen LogP contribution < -0.4 is 0 Å². The lowest BCUT2D eigenvalue weighted by Gasteiger charge is -2.21. The van der Waals surface area contributed by atoms with Gasteiger partial charge in [-0.2, -0.15) is 0 Å². The van der Waals surface area contributed by atoms with Crippen molar-refractivity contribution in [1.82, 2.24) is 0 Å². The van der Waals surface area contributed by atoms with Crippen molar-refractivity contribution in [3.05, 3.63) is 0 Å². The third-order valence-electron chi connectivity index (χ3n) is 20.9. The lowest BCUT2D eigenvalue weighted by molar-refractivity contribution is -0.161. The molecule has 19 heteroatoms. The van der Waals surface area contributed by atoms with Gasteiger partial charge < -0.3 is 33.8 Å². The monoisotopic (exact) mass is 1560 g/mol. The van der Waals surface area contributed by atoms with Crippen LogP contribution in [0.2, 0.25) is 0 Å². The van der Waals surface area contributed by atoms with Gasteiger partial charge in [0, 0.05) is 25.7 Å². The van der Waals surface area contributed by atoms with E-state index in [1.807, 2.05) is 0 Å². The summed E-state index contributed by atoms with van der Waals surface area (Å²) in [7, 11) is -9.93. The Labute approximate surface area is 658 Å². The third-order valence-corrected chi connectivity index (χ3v) is 22.8. The van der Waals surface area contributed by atoms with Gasteiger partial charge >= 0.3 is 39.5 Å². The Kier molecular flexibility index (Phi) is 75.3. The molecule has 0 spiro atoms. The summed E-state index contributed by atoms with van der Waals surface area (Å²) in [6.07, 6.45) is 66.5. The molecule has 0 aliphatic carbocycles. The van der Waals surface area contributed by atoms with Gasteiger partial charge in [-0.25, -0.2) is 9.13 Å². The summed E-state index contributed by atoms with van der Waals surface area (Å²) >= 11 is 0. The van der Waals surface area contributed by atoms with Crippen LogP contribution in [0.3, 0.4) is 0 Å². The van der Waals surface area contributed by atoms with Crippen LogP contribution in [-0.4, -0.2) is 96.7 Å². The number of hydrogen-bond donors (Lipinski definition) is 3. The second kappa shape index (κ2) is 76.7. The molecular formula is C88H172O17P2. The number of unbranched alkanes of at least 4 members (excludes halogenated alkanes) is 50. The zero-order chi connectivity index (χ0) is 78.8. The molecule has 0 aromatic rings. The molecule has 107 heavy (non-hydrogen) atoms. The molecule has 0 amide bonds. The second-order valence-electron chi connectivity index (χ2n) is 33.3. The Hall–Kier alpha value is -1.94. The molecule has 0 radical (unpaired) electrons. The van der Waals surface area contributed by atoms with Crippen LogP contribution in [0.5, 0.6) is 0 Å². The first kappa shape index (κ1) is 105. The topological polar surface area (TPSA) is 237 Å². The molecule has 0 saturated carbocycles. The fraction of sp³-hybridized carbons (Fsp3) is 0.955. The summed E-state index contributed by atoms with van der Waals surface area (Å²) in [5.74, 6) is 1.10. The minimum atomic E-state index is -4.97. The summed E-state index contributed by atoms with van der Waals surface area (Å²) in [6, 6.07) is 0. The van der Waals surface area contributed by atoms with Gasteiger partial charge in [0.15, 0.2) is 12.2 Å². The van der Waals surface area contributed by atoms with E-state index in [9.17, 15) is 43.2 Å². The Balaban J connectivity index is 5.27. The molecule has 0 aliphatic heterocycles. The van der Waals surface area contributed by atoms with Crippen molar-refractivity contribution in [1.29, 1.82) is 0 Å². The highest BCUT2D eigenvalue weighted by molar-refractivity contribution is 7.47. The molecule has 636 valence electrons. The molecule has 3 unspecified atom stereocenters. The highest BCUT2D eigenvalue weighted by Gasteiger charge is 2.31. The van der Waals surface area contributed by atoms with E-state index < -0.39 is 97.5 Å². The SMILES string of the molecule is CCC(C)CCCCCCCCCCCCCCCCC(=O)O[C@H](COC(=O)CCCCCCCCCCCC(C)C)COP(=O)(O)OC[C@H](O)COP(=O)(O)OC[C@@H](COC(=O)CCCCCCCCCCCCCCCCCC(C)C)OC(=O)CCCCCCCCCCCCCCCCCCC(C)C. The minimum absolute atomic E-state index is 0.107. The molecule has 0 rings (SSSR count). The first-order chi connectivity index (χ1) is 51.6.